The van der Waals surface area contributed by atoms with Gasteiger partial charge in [0, 0.05) is 17.5 Å². The third-order valence-electron chi connectivity index (χ3n) is 6.14. The van der Waals surface area contributed by atoms with Crippen molar-refractivity contribution in [1.82, 2.24) is 4.90 Å². The highest BCUT2D eigenvalue weighted by atomic mass is 16.6. The van der Waals surface area contributed by atoms with E-state index in [9.17, 15) is 14.9 Å². The van der Waals surface area contributed by atoms with Crippen LogP contribution in [0.3, 0.4) is 0 Å². The van der Waals surface area contributed by atoms with Gasteiger partial charge in [0.1, 0.15) is 0 Å². The molecule has 1 aliphatic heterocycles. The van der Waals surface area contributed by atoms with Gasteiger partial charge in [-0.15, -0.1) is 0 Å². The number of amides is 1. The summed E-state index contributed by atoms with van der Waals surface area (Å²) in [6, 6.07) is 6.55. The van der Waals surface area contributed by atoms with Gasteiger partial charge in [0.05, 0.1) is 16.6 Å². The van der Waals surface area contributed by atoms with Gasteiger partial charge in [-0.25, -0.2) is 0 Å². The lowest BCUT2D eigenvalue weighted by atomic mass is 9.69. The van der Waals surface area contributed by atoms with Crippen LogP contribution in [0, 0.1) is 22.0 Å². The fourth-order valence-electron chi connectivity index (χ4n) is 4.65. The van der Waals surface area contributed by atoms with Crippen LogP contribution in [0.4, 0.5) is 5.69 Å². The van der Waals surface area contributed by atoms with Crippen molar-refractivity contribution in [3.63, 3.8) is 0 Å². The van der Waals surface area contributed by atoms with Crippen molar-refractivity contribution in [3.05, 3.63) is 58.7 Å². The van der Waals surface area contributed by atoms with Gasteiger partial charge in [0.25, 0.3) is 5.69 Å². The number of rotatable bonds is 4. The van der Waals surface area contributed by atoms with Gasteiger partial charge in [0.15, 0.2) is 6.23 Å². The van der Waals surface area contributed by atoms with Gasteiger partial charge < -0.3 is 9.64 Å². The van der Waals surface area contributed by atoms with Crippen LogP contribution >= 0.6 is 0 Å². The summed E-state index contributed by atoms with van der Waals surface area (Å²) in [6.07, 6.45) is 7.31. The zero-order valence-electron chi connectivity index (χ0n) is 16.7. The summed E-state index contributed by atoms with van der Waals surface area (Å²) in [5, 5.41) is 11.3. The number of para-hydroxylation sites is 1. The number of benzene rings is 1. The number of nitrogens with zero attached hydrogens (tertiary/aromatic N) is 2. The standard InChI is InChI=1S/C22H28N2O4/c1-5-20(25)23-21(13-11-16-8-6-7-9-18(16)24(26)27)28-19-14-15(2)10-12-17(19)22(23,3)4/h5-9,11,13,15,17,19,21H,1,10,12,14H2,2-4H3/b13-11+/t15-,17-,19-,21+/m1/s1. The highest BCUT2D eigenvalue weighted by Crippen LogP contribution is 2.45. The Hall–Kier alpha value is -2.47. The van der Waals surface area contributed by atoms with Gasteiger partial charge in [-0.2, -0.15) is 0 Å². The molecule has 1 aliphatic carbocycles. The number of nitro groups is 1. The molecule has 28 heavy (non-hydrogen) atoms. The van der Waals surface area contributed by atoms with E-state index in [4.69, 9.17) is 4.74 Å². The van der Waals surface area contributed by atoms with E-state index in [2.05, 4.69) is 27.4 Å². The molecular weight excluding hydrogens is 356 g/mol. The lowest BCUT2D eigenvalue weighted by molar-refractivity contribution is -0.385. The van der Waals surface area contributed by atoms with Crippen LogP contribution in [0.2, 0.25) is 0 Å². The number of carbonyl (C=O) groups is 1. The van der Waals surface area contributed by atoms with Crippen LogP contribution < -0.4 is 0 Å². The number of hydrogen-bond acceptors (Lipinski definition) is 4. The fourth-order valence-corrected chi connectivity index (χ4v) is 4.65. The Labute approximate surface area is 166 Å². The Morgan fingerprint density at radius 2 is 2.07 bits per heavy atom. The van der Waals surface area contributed by atoms with E-state index in [-0.39, 0.29) is 23.6 Å². The molecule has 0 bridgehead atoms. The van der Waals surface area contributed by atoms with Crippen molar-refractivity contribution >= 4 is 17.7 Å². The Bertz CT molecular complexity index is 801. The van der Waals surface area contributed by atoms with Gasteiger partial charge in [-0.05, 0) is 56.9 Å². The summed E-state index contributed by atoms with van der Waals surface area (Å²) in [5.74, 6) is 0.640. The molecule has 0 radical (unpaired) electrons. The molecule has 1 heterocycles. The molecule has 0 aromatic heterocycles. The summed E-state index contributed by atoms with van der Waals surface area (Å²) < 4.78 is 6.35. The first kappa shape index (κ1) is 20.3. The molecule has 1 aromatic rings. The van der Waals surface area contributed by atoms with E-state index >= 15 is 0 Å². The molecule has 6 heteroatoms. The summed E-state index contributed by atoms with van der Waals surface area (Å²) in [7, 11) is 0. The zero-order valence-corrected chi connectivity index (χ0v) is 16.7. The van der Waals surface area contributed by atoms with Crippen LogP contribution in [0.25, 0.3) is 6.08 Å². The molecule has 1 saturated heterocycles. The minimum absolute atomic E-state index is 0.0274. The maximum absolute atomic E-state index is 12.7. The number of hydrogen-bond donors (Lipinski definition) is 0. The van der Waals surface area contributed by atoms with Crippen LogP contribution in [-0.4, -0.2) is 33.6 Å². The number of fused-ring (bicyclic) bond motifs is 1. The maximum Gasteiger partial charge on any atom is 0.276 e. The second-order valence-corrected chi connectivity index (χ2v) is 8.33. The first-order chi connectivity index (χ1) is 13.3. The van der Waals surface area contributed by atoms with E-state index in [0.29, 0.717) is 11.5 Å². The van der Waals surface area contributed by atoms with E-state index in [0.717, 1.165) is 19.3 Å². The average Bonchev–Trinajstić information content (AvgIpc) is 2.65. The number of nitro benzene ring substituents is 1. The molecular formula is C22H28N2O4. The van der Waals surface area contributed by atoms with E-state index in [1.807, 2.05) is 0 Å². The Morgan fingerprint density at radius 3 is 2.75 bits per heavy atom. The molecule has 1 aromatic carbocycles. The molecule has 6 nitrogen and oxygen atoms in total. The zero-order chi connectivity index (χ0) is 20.5. The van der Waals surface area contributed by atoms with Crippen LogP contribution in [0.1, 0.15) is 45.6 Å². The predicted molar refractivity (Wildman–Crippen MR) is 108 cm³/mol. The highest BCUT2D eigenvalue weighted by Gasteiger charge is 2.51. The molecule has 150 valence electrons. The van der Waals surface area contributed by atoms with Gasteiger partial charge in [-0.3, -0.25) is 14.9 Å². The second kappa shape index (κ2) is 7.87. The lowest BCUT2D eigenvalue weighted by Gasteiger charge is -2.56. The van der Waals surface area contributed by atoms with Crippen molar-refractivity contribution in [3.8, 4) is 0 Å². The Morgan fingerprint density at radius 1 is 1.36 bits per heavy atom. The van der Waals surface area contributed by atoms with Gasteiger partial charge >= 0.3 is 0 Å². The molecule has 2 fully saturated rings. The van der Waals surface area contributed by atoms with Gasteiger partial charge in [-0.1, -0.05) is 32.1 Å². The molecule has 0 N–H and O–H groups in total. The van der Waals surface area contributed by atoms with Crippen molar-refractivity contribution in [2.75, 3.05) is 0 Å². The second-order valence-electron chi connectivity index (χ2n) is 8.33. The number of ether oxygens (including phenoxy) is 1. The van der Waals surface area contributed by atoms with Crippen LogP contribution in [0.15, 0.2) is 43.0 Å². The minimum atomic E-state index is -0.591. The molecule has 4 atom stereocenters. The van der Waals surface area contributed by atoms with Gasteiger partial charge in [0.2, 0.25) is 5.91 Å². The maximum atomic E-state index is 12.7. The Balaban J connectivity index is 1.96. The monoisotopic (exact) mass is 384 g/mol. The summed E-state index contributed by atoms with van der Waals surface area (Å²) in [4.78, 5) is 25.3. The van der Waals surface area contributed by atoms with Crippen molar-refractivity contribution < 1.29 is 14.5 Å². The Kier molecular flexibility index (Phi) is 5.70. The molecule has 3 rings (SSSR count). The largest absolute Gasteiger partial charge is 0.351 e. The fraction of sp³-hybridized carbons (Fsp3) is 0.500. The molecule has 1 saturated carbocycles. The third-order valence-corrected chi connectivity index (χ3v) is 6.14. The van der Waals surface area contributed by atoms with E-state index < -0.39 is 16.7 Å². The third kappa shape index (κ3) is 3.74. The van der Waals surface area contributed by atoms with Crippen LogP contribution in [0.5, 0.6) is 0 Å². The van der Waals surface area contributed by atoms with Crippen molar-refractivity contribution in [2.45, 2.75) is 57.9 Å². The normalized spacial score (nSPS) is 29.3. The summed E-state index contributed by atoms with van der Waals surface area (Å²) >= 11 is 0. The predicted octanol–water partition coefficient (Wildman–Crippen LogP) is 4.56. The minimum Gasteiger partial charge on any atom is -0.351 e. The average molecular weight is 384 g/mol. The SMILES string of the molecule is C=CC(=O)N1[C@H](/C=C/c2ccccc2[N+](=O)[O-])O[C@@H]2C[C@H](C)CC[C@H]2C1(C)C. The first-order valence-electron chi connectivity index (χ1n) is 9.78. The highest BCUT2D eigenvalue weighted by molar-refractivity contribution is 5.88. The molecule has 0 unspecified atom stereocenters. The van der Waals surface area contributed by atoms with E-state index in [1.54, 1.807) is 35.3 Å². The summed E-state index contributed by atoms with van der Waals surface area (Å²) in [5.41, 5.74) is 0.116. The topological polar surface area (TPSA) is 72.7 Å². The van der Waals surface area contributed by atoms with E-state index in [1.165, 1.54) is 12.1 Å². The first-order valence-corrected chi connectivity index (χ1v) is 9.78. The quantitative estimate of drug-likeness (QED) is 0.433. The molecule has 1 amide bonds. The van der Waals surface area contributed by atoms with Crippen LogP contribution in [-0.2, 0) is 9.53 Å². The summed E-state index contributed by atoms with van der Waals surface area (Å²) in [6.45, 7) is 10.0. The molecule has 0 spiro atoms. The van der Waals surface area contributed by atoms with Crippen molar-refractivity contribution in [2.24, 2.45) is 11.8 Å². The lowest BCUT2D eigenvalue weighted by Crippen LogP contribution is -2.65. The van der Waals surface area contributed by atoms with Crippen molar-refractivity contribution in [1.29, 1.82) is 0 Å². The smallest absolute Gasteiger partial charge is 0.276 e. The number of carbonyl (C=O) groups excluding carboxylic acids is 1. The molecule has 2 aliphatic rings.